The number of nitrogens with one attached hydrogen (secondary N) is 1. The van der Waals surface area contributed by atoms with Crippen LogP contribution in [-0.2, 0) is 11.3 Å². The molecule has 2 heterocycles. The molecular formula is C16H16ClN3O3. The zero-order valence-corrected chi connectivity index (χ0v) is 13.3. The Morgan fingerprint density at radius 3 is 2.96 bits per heavy atom. The molecule has 0 unspecified atom stereocenters. The molecule has 3 rings (SSSR count). The molecule has 1 N–H and O–H groups in total. The van der Waals surface area contributed by atoms with Crippen LogP contribution in [0.2, 0.25) is 5.02 Å². The number of halogens is 1. The third kappa shape index (κ3) is 3.53. The van der Waals surface area contributed by atoms with Crippen LogP contribution in [0, 0.1) is 6.92 Å². The van der Waals surface area contributed by atoms with E-state index in [-0.39, 0.29) is 30.0 Å². The van der Waals surface area contributed by atoms with Gasteiger partial charge in [0.1, 0.15) is 5.76 Å². The molecule has 0 bridgehead atoms. The van der Waals surface area contributed by atoms with Gasteiger partial charge in [-0.05, 0) is 18.6 Å². The number of hydrogen-bond donors (Lipinski definition) is 1. The van der Waals surface area contributed by atoms with Crippen molar-refractivity contribution in [2.45, 2.75) is 25.9 Å². The topological polar surface area (TPSA) is 75.4 Å². The summed E-state index contributed by atoms with van der Waals surface area (Å²) in [4.78, 5) is 25.9. The average Bonchev–Trinajstić information content (AvgIpc) is 3.08. The summed E-state index contributed by atoms with van der Waals surface area (Å²) in [5.41, 5.74) is 1.11. The minimum atomic E-state index is -0.334. The number of carbonyl (C=O) groups is 2. The molecule has 0 aliphatic carbocycles. The zero-order valence-electron chi connectivity index (χ0n) is 12.6. The Bertz CT molecular complexity index is 744. The van der Waals surface area contributed by atoms with Crippen molar-refractivity contribution in [1.82, 2.24) is 15.4 Å². The molecule has 0 radical (unpaired) electrons. The van der Waals surface area contributed by atoms with Crippen LogP contribution < -0.4 is 5.32 Å². The van der Waals surface area contributed by atoms with Gasteiger partial charge in [0.05, 0.1) is 6.04 Å². The van der Waals surface area contributed by atoms with Crippen LogP contribution in [0.1, 0.15) is 28.2 Å². The Morgan fingerprint density at radius 2 is 2.26 bits per heavy atom. The van der Waals surface area contributed by atoms with Crippen LogP contribution in [0.15, 0.2) is 34.9 Å². The number of nitrogens with zero attached hydrogens (tertiary/aromatic N) is 2. The fourth-order valence-electron chi connectivity index (χ4n) is 2.59. The standard InChI is InChI=1S/C16H16ClN3O3/c1-10-6-14(19-23-10)16(22)18-12-7-15(21)20(9-12)8-11-4-2-3-5-13(11)17/h2-6,12H,7-9H2,1H3,(H,18,22)/t12-/m1/s1. The maximum absolute atomic E-state index is 12.1. The number of aryl methyl sites for hydroxylation is 1. The molecular weight excluding hydrogens is 318 g/mol. The first-order valence-corrected chi connectivity index (χ1v) is 7.66. The maximum Gasteiger partial charge on any atom is 0.273 e. The molecule has 0 saturated carbocycles. The van der Waals surface area contributed by atoms with Gasteiger partial charge in [0.25, 0.3) is 5.91 Å². The van der Waals surface area contributed by atoms with E-state index in [1.165, 1.54) is 0 Å². The molecule has 1 aliphatic rings. The van der Waals surface area contributed by atoms with Gasteiger partial charge in [-0.3, -0.25) is 9.59 Å². The molecule has 7 heteroatoms. The molecule has 23 heavy (non-hydrogen) atoms. The molecule has 1 aromatic heterocycles. The number of amides is 2. The number of hydrogen-bond acceptors (Lipinski definition) is 4. The van der Waals surface area contributed by atoms with Crippen molar-refractivity contribution in [3.05, 3.63) is 52.4 Å². The van der Waals surface area contributed by atoms with Gasteiger partial charge in [0, 0.05) is 30.6 Å². The molecule has 1 saturated heterocycles. The van der Waals surface area contributed by atoms with Crippen LogP contribution in [0.3, 0.4) is 0 Å². The Morgan fingerprint density at radius 1 is 1.48 bits per heavy atom. The Hall–Kier alpha value is -2.34. The van der Waals surface area contributed by atoms with Crippen LogP contribution in [0.5, 0.6) is 0 Å². The number of benzene rings is 1. The number of rotatable bonds is 4. The lowest BCUT2D eigenvalue weighted by Gasteiger charge is -2.17. The van der Waals surface area contributed by atoms with Crippen molar-refractivity contribution in [3.8, 4) is 0 Å². The van der Waals surface area contributed by atoms with Crippen molar-refractivity contribution >= 4 is 23.4 Å². The van der Waals surface area contributed by atoms with Crippen molar-refractivity contribution in [3.63, 3.8) is 0 Å². The predicted octanol–water partition coefficient (Wildman–Crippen LogP) is 2.17. The number of aromatic nitrogens is 1. The smallest absolute Gasteiger partial charge is 0.273 e. The van der Waals surface area contributed by atoms with Gasteiger partial charge in [-0.25, -0.2) is 0 Å². The monoisotopic (exact) mass is 333 g/mol. The first-order chi connectivity index (χ1) is 11.0. The van der Waals surface area contributed by atoms with E-state index in [1.807, 2.05) is 18.2 Å². The summed E-state index contributed by atoms with van der Waals surface area (Å²) in [5.74, 6) is 0.226. The van der Waals surface area contributed by atoms with Gasteiger partial charge >= 0.3 is 0 Å². The minimum absolute atomic E-state index is 0.00782. The van der Waals surface area contributed by atoms with Crippen LogP contribution in [-0.4, -0.2) is 34.5 Å². The summed E-state index contributed by atoms with van der Waals surface area (Å²) in [6, 6.07) is 8.74. The summed E-state index contributed by atoms with van der Waals surface area (Å²) >= 11 is 6.13. The normalized spacial score (nSPS) is 17.6. The number of carbonyl (C=O) groups excluding carboxylic acids is 2. The summed E-state index contributed by atoms with van der Waals surface area (Å²) in [6.07, 6.45) is 0.271. The van der Waals surface area contributed by atoms with Gasteiger partial charge < -0.3 is 14.7 Å². The lowest BCUT2D eigenvalue weighted by molar-refractivity contribution is -0.128. The lowest BCUT2D eigenvalue weighted by atomic mass is 10.2. The fraction of sp³-hybridized carbons (Fsp3) is 0.312. The average molecular weight is 334 g/mol. The highest BCUT2D eigenvalue weighted by Crippen LogP contribution is 2.20. The maximum atomic E-state index is 12.1. The first kappa shape index (κ1) is 15.6. The van der Waals surface area contributed by atoms with Gasteiger partial charge in [-0.1, -0.05) is 35.0 Å². The lowest BCUT2D eigenvalue weighted by Crippen LogP contribution is -2.37. The molecule has 1 aromatic carbocycles. The molecule has 120 valence electrons. The van der Waals surface area contributed by atoms with Crippen LogP contribution in [0.25, 0.3) is 0 Å². The van der Waals surface area contributed by atoms with E-state index in [4.69, 9.17) is 16.1 Å². The Kier molecular flexibility index (Phi) is 4.34. The highest BCUT2D eigenvalue weighted by atomic mass is 35.5. The van der Waals surface area contributed by atoms with Crippen molar-refractivity contribution in [1.29, 1.82) is 0 Å². The molecule has 2 amide bonds. The van der Waals surface area contributed by atoms with E-state index < -0.39 is 0 Å². The minimum Gasteiger partial charge on any atom is -0.361 e. The Labute approximate surface area is 138 Å². The van der Waals surface area contributed by atoms with Gasteiger partial charge in [-0.2, -0.15) is 0 Å². The van der Waals surface area contributed by atoms with Crippen LogP contribution in [0.4, 0.5) is 0 Å². The molecule has 1 fully saturated rings. The fourth-order valence-corrected chi connectivity index (χ4v) is 2.78. The second-order valence-electron chi connectivity index (χ2n) is 5.56. The highest BCUT2D eigenvalue weighted by Gasteiger charge is 2.31. The van der Waals surface area contributed by atoms with Crippen molar-refractivity contribution in [2.24, 2.45) is 0 Å². The quantitative estimate of drug-likeness (QED) is 0.930. The van der Waals surface area contributed by atoms with E-state index in [0.29, 0.717) is 23.9 Å². The molecule has 1 atom stereocenters. The SMILES string of the molecule is Cc1cc(C(=O)N[C@@H]2CC(=O)N(Cc3ccccc3Cl)C2)no1. The largest absolute Gasteiger partial charge is 0.361 e. The molecule has 2 aromatic rings. The van der Waals surface area contributed by atoms with E-state index in [0.717, 1.165) is 5.56 Å². The van der Waals surface area contributed by atoms with Crippen molar-refractivity contribution in [2.75, 3.05) is 6.54 Å². The third-order valence-corrected chi connectivity index (χ3v) is 4.10. The van der Waals surface area contributed by atoms with E-state index in [2.05, 4.69) is 10.5 Å². The summed E-state index contributed by atoms with van der Waals surface area (Å²) in [6.45, 7) is 2.61. The van der Waals surface area contributed by atoms with Crippen molar-refractivity contribution < 1.29 is 14.1 Å². The van der Waals surface area contributed by atoms with E-state index >= 15 is 0 Å². The second-order valence-corrected chi connectivity index (χ2v) is 5.97. The van der Waals surface area contributed by atoms with E-state index in [9.17, 15) is 9.59 Å². The number of likely N-dealkylation sites (tertiary alicyclic amines) is 1. The summed E-state index contributed by atoms with van der Waals surface area (Å²) < 4.78 is 4.88. The molecule has 1 aliphatic heterocycles. The second kappa shape index (κ2) is 6.42. The predicted molar refractivity (Wildman–Crippen MR) is 84.0 cm³/mol. The highest BCUT2D eigenvalue weighted by molar-refractivity contribution is 6.31. The molecule has 0 spiro atoms. The van der Waals surface area contributed by atoms with Crippen LogP contribution >= 0.6 is 11.6 Å². The van der Waals surface area contributed by atoms with E-state index in [1.54, 1.807) is 24.0 Å². The Balaban J connectivity index is 1.61. The summed E-state index contributed by atoms with van der Waals surface area (Å²) in [7, 11) is 0. The van der Waals surface area contributed by atoms with Gasteiger partial charge in [0.2, 0.25) is 5.91 Å². The first-order valence-electron chi connectivity index (χ1n) is 7.28. The van der Waals surface area contributed by atoms with Gasteiger partial charge in [0.15, 0.2) is 5.69 Å². The summed E-state index contributed by atoms with van der Waals surface area (Å²) in [5, 5.41) is 7.11. The third-order valence-electron chi connectivity index (χ3n) is 3.73. The van der Waals surface area contributed by atoms with Gasteiger partial charge in [-0.15, -0.1) is 0 Å². The molecule has 6 nitrogen and oxygen atoms in total. The zero-order chi connectivity index (χ0) is 16.4.